The predicted octanol–water partition coefficient (Wildman–Crippen LogP) is 6.13. The number of rotatable bonds is 6. The number of nitrogens with zero attached hydrogens (tertiary/aromatic N) is 3. The number of ether oxygens (including phenoxy) is 2. The summed E-state index contributed by atoms with van der Waals surface area (Å²) < 4.78 is 28.5. The molecule has 0 radical (unpaired) electrons. The van der Waals surface area contributed by atoms with Crippen molar-refractivity contribution in [3.8, 4) is 22.8 Å². The zero-order valence-electron chi connectivity index (χ0n) is 20.2. The third kappa shape index (κ3) is 4.88. The van der Waals surface area contributed by atoms with Crippen LogP contribution in [-0.4, -0.2) is 35.8 Å². The van der Waals surface area contributed by atoms with E-state index in [1.165, 1.54) is 20.3 Å². The third-order valence-electron chi connectivity index (χ3n) is 5.98. The summed E-state index contributed by atoms with van der Waals surface area (Å²) in [6.07, 6.45) is 1.68. The van der Waals surface area contributed by atoms with E-state index in [2.05, 4.69) is 13.8 Å². The topological polar surface area (TPSA) is 97.7 Å². The van der Waals surface area contributed by atoms with Gasteiger partial charge in [-0.3, -0.25) is 13.3 Å². The fourth-order valence-electron chi connectivity index (χ4n) is 4.24. The second-order valence-electron chi connectivity index (χ2n) is 8.20. The van der Waals surface area contributed by atoms with Crippen LogP contribution < -0.4 is 18.3 Å². The van der Waals surface area contributed by atoms with Gasteiger partial charge in [-0.25, -0.2) is 14.4 Å². The summed E-state index contributed by atoms with van der Waals surface area (Å²) in [5.74, 6) is 0.359. The number of benzene rings is 3. The largest absolute Gasteiger partial charge is 0.496 e. The Hall–Kier alpha value is -3.77. The molecule has 0 saturated carbocycles. The van der Waals surface area contributed by atoms with Gasteiger partial charge in [-0.15, -0.1) is 0 Å². The Morgan fingerprint density at radius 2 is 1.87 bits per heavy atom. The highest BCUT2D eigenvalue weighted by Crippen LogP contribution is 2.36. The van der Waals surface area contributed by atoms with Crippen LogP contribution in [0.5, 0.6) is 11.5 Å². The lowest BCUT2D eigenvalue weighted by atomic mass is 9.94. The molecule has 1 aromatic heterocycles. The molecule has 8 nitrogen and oxygen atoms in total. The lowest BCUT2D eigenvalue weighted by Gasteiger charge is -2.15. The lowest BCUT2D eigenvalue weighted by molar-refractivity contribution is 0.0986. The van der Waals surface area contributed by atoms with E-state index in [0.717, 1.165) is 11.1 Å². The second-order valence-corrected chi connectivity index (χ2v) is 9.18. The first-order valence-corrected chi connectivity index (χ1v) is 12.8. The number of amides is 1. The summed E-state index contributed by atoms with van der Waals surface area (Å²) in [7, 11) is 2.98. The maximum Gasteiger partial charge on any atom is 0.263 e. The molecule has 2 heterocycles. The predicted molar refractivity (Wildman–Crippen MR) is 153 cm³/mol. The number of carbonyl (C=O) groups is 1. The van der Waals surface area contributed by atoms with Crippen molar-refractivity contribution in [2.45, 2.75) is 6.54 Å². The molecule has 11 heteroatoms. The molecule has 0 atom stereocenters. The van der Waals surface area contributed by atoms with Gasteiger partial charge in [0.05, 0.1) is 66.2 Å². The SMILES string of the molecule is COc1cc(Nc2ncc3c(n2)-c2ccc(Cl)cc2C(c2c(F)cccc2OC)=NC3)ccc1C(=O)NI. The molecule has 192 valence electrons. The van der Waals surface area contributed by atoms with Gasteiger partial charge < -0.3 is 14.8 Å². The van der Waals surface area contributed by atoms with Crippen molar-refractivity contribution in [1.29, 1.82) is 0 Å². The van der Waals surface area contributed by atoms with Gasteiger partial charge in [-0.05, 0) is 36.4 Å². The average molecular weight is 644 g/mol. The van der Waals surface area contributed by atoms with Gasteiger partial charge in [-0.1, -0.05) is 23.7 Å². The molecule has 38 heavy (non-hydrogen) atoms. The van der Waals surface area contributed by atoms with E-state index in [1.54, 1.807) is 71.5 Å². The fourth-order valence-corrected chi connectivity index (χ4v) is 4.70. The van der Waals surface area contributed by atoms with E-state index in [9.17, 15) is 4.79 Å². The van der Waals surface area contributed by atoms with Crippen molar-refractivity contribution in [2.75, 3.05) is 19.5 Å². The van der Waals surface area contributed by atoms with Crippen molar-refractivity contribution >= 4 is 57.7 Å². The Balaban J connectivity index is 1.58. The van der Waals surface area contributed by atoms with Gasteiger partial charge in [-0.2, -0.15) is 0 Å². The highest BCUT2D eigenvalue weighted by Gasteiger charge is 2.25. The fraction of sp³-hybridized carbons (Fsp3) is 0.111. The standard InChI is InChI=1S/C27H20ClFIN5O3/c1-37-21-5-3-4-20(29)23(21)25-19-10-15(28)6-8-17(19)24-14(12-31-25)13-32-27(34-24)33-16-7-9-18(26(36)35-30)22(11-16)38-2/h3-11,13H,12H2,1-2H3,(H,35,36)(H,32,33,34). The minimum atomic E-state index is -0.456. The number of hydrogen-bond acceptors (Lipinski definition) is 7. The van der Waals surface area contributed by atoms with Gasteiger partial charge in [0, 0.05) is 39.7 Å². The van der Waals surface area contributed by atoms with Gasteiger partial charge >= 0.3 is 0 Å². The summed E-state index contributed by atoms with van der Waals surface area (Å²) in [6.45, 7) is 0.225. The summed E-state index contributed by atoms with van der Waals surface area (Å²) in [6, 6.07) is 15.0. The molecule has 1 aliphatic heterocycles. The van der Waals surface area contributed by atoms with Crippen LogP contribution in [0, 0.1) is 5.82 Å². The maximum atomic E-state index is 15.1. The van der Waals surface area contributed by atoms with Crippen molar-refractivity contribution < 1.29 is 18.7 Å². The van der Waals surface area contributed by atoms with E-state index in [-0.39, 0.29) is 18.0 Å². The number of hydrogen-bond donors (Lipinski definition) is 2. The molecular formula is C27H20ClFIN5O3. The zero-order chi connectivity index (χ0) is 26.8. The van der Waals surface area contributed by atoms with Crippen molar-refractivity contribution in [1.82, 2.24) is 13.5 Å². The molecule has 1 amide bonds. The Morgan fingerprint density at radius 1 is 1.05 bits per heavy atom. The van der Waals surface area contributed by atoms with Gasteiger partial charge in [0.15, 0.2) is 0 Å². The molecule has 5 rings (SSSR count). The van der Waals surface area contributed by atoms with Crippen LogP contribution >= 0.6 is 34.5 Å². The Labute approximate surface area is 236 Å². The summed E-state index contributed by atoms with van der Waals surface area (Å²) in [5.41, 5.74) is 4.44. The van der Waals surface area contributed by atoms with Crippen LogP contribution in [-0.2, 0) is 6.54 Å². The number of anilines is 2. The van der Waals surface area contributed by atoms with E-state index in [0.29, 0.717) is 50.7 Å². The normalized spacial score (nSPS) is 12.0. The number of aromatic nitrogens is 2. The van der Waals surface area contributed by atoms with Crippen molar-refractivity contribution in [2.24, 2.45) is 4.99 Å². The minimum absolute atomic E-state index is 0.225. The monoisotopic (exact) mass is 643 g/mol. The zero-order valence-corrected chi connectivity index (χ0v) is 23.1. The molecule has 1 aliphatic rings. The van der Waals surface area contributed by atoms with Crippen LogP contribution in [0.4, 0.5) is 16.0 Å². The first kappa shape index (κ1) is 25.9. The molecule has 0 bridgehead atoms. The molecule has 0 aliphatic carbocycles. The molecule has 2 N–H and O–H groups in total. The Bertz CT molecular complexity index is 1600. The molecule has 4 aromatic rings. The van der Waals surface area contributed by atoms with Crippen molar-refractivity contribution in [3.63, 3.8) is 0 Å². The second kappa shape index (κ2) is 10.9. The van der Waals surface area contributed by atoms with Gasteiger partial charge in [0.2, 0.25) is 5.95 Å². The highest BCUT2D eigenvalue weighted by atomic mass is 127. The first-order valence-electron chi connectivity index (χ1n) is 11.3. The summed E-state index contributed by atoms with van der Waals surface area (Å²) >= 11 is 8.15. The molecular weight excluding hydrogens is 624 g/mol. The molecule has 0 spiro atoms. The number of nitrogens with one attached hydrogen (secondary N) is 2. The van der Waals surface area contributed by atoms with E-state index in [1.807, 2.05) is 6.07 Å². The van der Waals surface area contributed by atoms with Crippen LogP contribution in [0.15, 0.2) is 65.8 Å². The summed E-state index contributed by atoms with van der Waals surface area (Å²) in [4.78, 5) is 26.1. The van der Waals surface area contributed by atoms with E-state index < -0.39 is 5.82 Å². The molecule has 0 fully saturated rings. The van der Waals surface area contributed by atoms with Crippen LogP contribution in [0.3, 0.4) is 0 Å². The smallest absolute Gasteiger partial charge is 0.263 e. The number of methoxy groups -OCH3 is 2. The Morgan fingerprint density at radius 3 is 2.63 bits per heavy atom. The number of aliphatic imine (C=N–C) groups is 1. The molecule has 0 saturated heterocycles. The van der Waals surface area contributed by atoms with Gasteiger partial charge in [0.1, 0.15) is 17.3 Å². The van der Waals surface area contributed by atoms with Crippen LogP contribution in [0.25, 0.3) is 11.3 Å². The summed E-state index contributed by atoms with van der Waals surface area (Å²) in [5, 5.41) is 3.64. The third-order valence-corrected chi connectivity index (χ3v) is 6.71. The first-order chi connectivity index (χ1) is 18.4. The maximum absolute atomic E-state index is 15.1. The van der Waals surface area contributed by atoms with Crippen molar-refractivity contribution in [3.05, 3.63) is 93.9 Å². The van der Waals surface area contributed by atoms with E-state index >= 15 is 4.39 Å². The van der Waals surface area contributed by atoms with Gasteiger partial charge in [0.25, 0.3) is 5.91 Å². The van der Waals surface area contributed by atoms with Crippen LogP contribution in [0.1, 0.15) is 27.0 Å². The number of fused-ring (bicyclic) bond motifs is 3. The quantitative estimate of drug-likeness (QED) is 0.194. The average Bonchev–Trinajstić information content (AvgIpc) is 3.08. The van der Waals surface area contributed by atoms with E-state index in [4.69, 9.17) is 31.1 Å². The molecule has 0 unspecified atom stereocenters. The highest BCUT2D eigenvalue weighted by molar-refractivity contribution is 14.1. The molecule has 3 aromatic carbocycles. The Kier molecular flexibility index (Phi) is 7.43. The lowest BCUT2D eigenvalue weighted by Crippen LogP contribution is -2.13. The van der Waals surface area contributed by atoms with Crippen LogP contribution in [0.2, 0.25) is 5.02 Å². The minimum Gasteiger partial charge on any atom is -0.496 e. The number of carbonyl (C=O) groups excluding carboxylic acids is 1. The number of halogens is 3.